The van der Waals surface area contributed by atoms with Gasteiger partial charge in [0.2, 0.25) is 5.91 Å². The number of amides is 1. The highest BCUT2D eigenvalue weighted by molar-refractivity contribution is 7.99. The molecule has 1 aromatic heterocycles. The summed E-state index contributed by atoms with van der Waals surface area (Å²) < 4.78 is 0. The molecule has 1 N–H and O–H groups in total. The minimum Gasteiger partial charge on any atom is -0.336 e. The number of thioether (sulfide) groups is 1. The van der Waals surface area contributed by atoms with Crippen molar-refractivity contribution in [2.75, 3.05) is 5.75 Å². The third-order valence-electron chi connectivity index (χ3n) is 4.96. The van der Waals surface area contributed by atoms with Crippen LogP contribution in [-0.4, -0.2) is 44.1 Å². The van der Waals surface area contributed by atoms with Crippen molar-refractivity contribution < 1.29 is 4.79 Å². The van der Waals surface area contributed by atoms with E-state index in [1.54, 1.807) is 6.20 Å². The highest BCUT2D eigenvalue weighted by Crippen LogP contribution is 2.31. The molecule has 2 aliphatic rings. The highest BCUT2D eigenvalue weighted by Gasteiger charge is 2.32. The maximum Gasteiger partial charge on any atom is 0.233 e. The van der Waals surface area contributed by atoms with Crippen molar-refractivity contribution in [3.63, 3.8) is 0 Å². The van der Waals surface area contributed by atoms with E-state index < -0.39 is 0 Å². The van der Waals surface area contributed by atoms with E-state index in [1.165, 1.54) is 76.0 Å². The summed E-state index contributed by atoms with van der Waals surface area (Å²) >= 11 is 1.50. The van der Waals surface area contributed by atoms with Crippen molar-refractivity contribution in [2.24, 2.45) is 0 Å². The summed E-state index contributed by atoms with van der Waals surface area (Å²) in [6, 6.07) is 0.949. The molecule has 0 aromatic carbocycles. The molecular weight excluding hydrogens is 296 g/mol. The zero-order valence-electron chi connectivity index (χ0n) is 13.2. The summed E-state index contributed by atoms with van der Waals surface area (Å²) in [4.78, 5) is 15.2. The Morgan fingerprint density at radius 3 is 2.18 bits per heavy atom. The van der Waals surface area contributed by atoms with Crippen LogP contribution < -0.4 is 0 Å². The van der Waals surface area contributed by atoms with E-state index in [1.807, 2.05) is 0 Å². The smallest absolute Gasteiger partial charge is 0.233 e. The lowest BCUT2D eigenvalue weighted by Crippen LogP contribution is -2.49. The van der Waals surface area contributed by atoms with Crippen LogP contribution >= 0.6 is 11.8 Å². The number of carbonyl (C=O) groups excluding carboxylic acids is 1. The molecule has 0 aliphatic heterocycles. The van der Waals surface area contributed by atoms with Crippen LogP contribution in [0.2, 0.25) is 0 Å². The fourth-order valence-electron chi connectivity index (χ4n) is 3.89. The second-order valence-corrected chi connectivity index (χ2v) is 7.48. The molecular formula is C16H26N4OS. The fourth-order valence-corrected chi connectivity index (χ4v) is 4.55. The molecule has 3 rings (SSSR count). The molecule has 1 aromatic rings. The molecule has 1 heterocycles. The van der Waals surface area contributed by atoms with E-state index >= 15 is 0 Å². The molecule has 1 amide bonds. The van der Waals surface area contributed by atoms with Gasteiger partial charge in [0.25, 0.3) is 0 Å². The van der Waals surface area contributed by atoms with Crippen LogP contribution in [0.3, 0.4) is 0 Å². The van der Waals surface area contributed by atoms with E-state index in [9.17, 15) is 4.79 Å². The van der Waals surface area contributed by atoms with Gasteiger partial charge in [0.15, 0.2) is 0 Å². The van der Waals surface area contributed by atoms with E-state index in [0.29, 0.717) is 23.7 Å². The van der Waals surface area contributed by atoms with Crippen molar-refractivity contribution in [3.8, 4) is 0 Å². The number of H-pyrrole nitrogens is 1. The van der Waals surface area contributed by atoms with Gasteiger partial charge in [0.1, 0.15) is 5.03 Å². The lowest BCUT2D eigenvalue weighted by molar-refractivity contribution is -0.135. The Morgan fingerprint density at radius 2 is 1.68 bits per heavy atom. The van der Waals surface area contributed by atoms with Crippen molar-refractivity contribution in [1.82, 2.24) is 20.3 Å². The quantitative estimate of drug-likeness (QED) is 0.844. The summed E-state index contributed by atoms with van der Waals surface area (Å²) in [6.07, 6.45) is 14.2. The fraction of sp³-hybridized carbons (Fsp3) is 0.812. The van der Waals surface area contributed by atoms with Crippen LogP contribution in [0, 0.1) is 0 Å². The second kappa shape index (κ2) is 7.99. The van der Waals surface area contributed by atoms with E-state index in [0.717, 1.165) is 5.03 Å². The van der Waals surface area contributed by atoms with Crippen molar-refractivity contribution in [2.45, 2.75) is 81.3 Å². The van der Waals surface area contributed by atoms with Crippen LogP contribution in [0.25, 0.3) is 0 Å². The number of aromatic nitrogens is 3. The summed E-state index contributed by atoms with van der Waals surface area (Å²) in [7, 11) is 0. The van der Waals surface area contributed by atoms with Crippen LogP contribution in [-0.2, 0) is 4.79 Å². The number of carbonyl (C=O) groups is 1. The first-order chi connectivity index (χ1) is 10.8. The Hall–Kier alpha value is -1.04. The molecule has 6 heteroatoms. The minimum atomic E-state index is 0.298. The maximum atomic E-state index is 12.9. The number of hydrogen-bond donors (Lipinski definition) is 1. The standard InChI is InChI=1S/C16H26N4OS/c21-16(12-22-15-11-17-19-18-15)20(13-7-3-1-4-8-13)14-9-5-2-6-10-14/h11,13-14H,1-10,12H2,(H,17,18,19). The summed E-state index contributed by atoms with van der Waals surface area (Å²) in [5.41, 5.74) is 0. The zero-order valence-corrected chi connectivity index (χ0v) is 14.0. The molecule has 2 aliphatic carbocycles. The summed E-state index contributed by atoms with van der Waals surface area (Å²) in [6.45, 7) is 0. The normalized spacial score (nSPS) is 20.9. The first-order valence-corrected chi connectivity index (χ1v) is 9.63. The predicted molar refractivity (Wildman–Crippen MR) is 87.7 cm³/mol. The summed E-state index contributed by atoms with van der Waals surface area (Å²) in [5, 5.41) is 11.2. The molecule has 2 saturated carbocycles. The number of nitrogens with zero attached hydrogens (tertiary/aromatic N) is 3. The van der Waals surface area contributed by atoms with E-state index in [2.05, 4.69) is 20.3 Å². The topological polar surface area (TPSA) is 61.9 Å². The van der Waals surface area contributed by atoms with Gasteiger partial charge >= 0.3 is 0 Å². The Balaban J connectivity index is 1.64. The lowest BCUT2D eigenvalue weighted by atomic mass is 9.88. The Morgan fingerprint density at radius 1 is 1.09 bits per heavy atom. The van der Waals surface area contributed by atoms with Gasteiger partial charge in [0.05, 0.1) is 11.9 Å². The van der Waals surface area contributed by atoms with E-state index in [-0.39, 0.29) is 0 Å². The van der Waals surface area contributed by atoms with Crippen molar-refractivity contribution in [3.05, 3.63) is 6.20 Å². The molecule has 0 radical (unpaired) electrons. The average molecular weight is 322 g/mol. The van der Waals surface area contributed by atoms with Crippen LogP contribution in [0.4, 0.5) is 0 Å². The Kier molecular flexibility index (Phi) is 5.76. The number of rotatable bonds is 5. The van der Waals surface area contributed by atoms with Gasteiger partial charge in [-0.1, -0.05) is 50.3 Å². The lowest BCUT2D eigenvalue weighted by Gasteiger charge is -2.41. The molecule has 0 spiro atoms. The number of hydrogen-bond acceptors (Lipinski definition) is 4. The molecule has 22 heavy (non-hydrogen) atoms. The number of aromatic amines is 1. The van der Waals surface area contributed by atoms with Gasteiger partial charge in [-0.05, 0) is 25.7 Å². The third-order valence-corrected chi connectivity index (χ3v) is 5.84. The van der Waals surface area contributed by atoms with Gasteiger partial charge < -0.3 is 4.90 Å². The molecule has 0 saturated heterocycles. The molecule has 0 atom stereocenters. The maximum absolute atomic E-state index is 12.9. The summed E-state index contributed by atoms with van der Waals surface area (Å²) in [5.74, 6) is 0.784. The van der Waals surface area contributed by atoms with Gasteiger partial charge in [-0.3, -0.25) is 4.79 Å². The largest absolute Gasteiger partial charge is 0.336 e. The van der Waals surface area contributed by atoms with E-state index in [4.69, 9.17) is 0 Å². The van der Waals surface area contributed by atoms with Gasteiger partial charge in [-0.15, -0.1) is 5.10 Å². The first-order valence-electron chi connectivity index (χ1n) is 8.64. The van der Waals surface area contributed by atoms with Gasteiger partial charge in [-0.2, -0.15) is 10.3 Å². The van der Waals surface area contributed by atoms with Crippen molar-refractivity contribution >= 4 is 17.7 Å². The van der Waals surface area contributed by atoms with Crippen LogP contribution in [0.5, 0.6) is 0 Å². The Bertz CT molecular complexity index is 435. The monoisotopic (exact) mass is 322 g/mol. The van der Waals surface area contributed by atoms with Gasteiger partial charge in [-0.25, -0.2) is 0 Å². The molecule has 0 bridgehead atoms. The molecule has 5 nitrogen and oxygen atoms in total. The second-order valence-electron chi connectivity index (χ2n) is 6.48. The average Bonchev–Trinajstić information content (AvgIpc) is 3.09. The predicted octanol–water partition coefficient (Wildman–Crippen LogP) is 3.39. The Labute approximate surface area is 136 Å². The first kappa shape index (κ1) is 15.8. The van der Waals surface area contributed by atoms with Gasteiger partial charge in [0, 0.05) is 12.1 Å². The SMILES string of the molecule is O=C(CSc1cn[nH]n1)N(C1CCCCC1)C1CCCCC1. The number of nitrogens with one attached hydrogen (secondary N) is 1. The van der Waals surface area contributed by atoms with Crippen molar-refractivity contribution in [1.29, 1.82) is 0 Å². The third kappa shape index (κ3) is 4.03. The highest BCUT2D eigenvalue weighted by atomic mass is 32.2. The van der Waals surface area contributed by atoms with Crippen LogP contribution in [0.1, 0.15) is 64.2 Å². The van der Waals surface area contributed by atoms with Crippen LogP contribution in [0.15, 0.2) is 11.2 Å². The molecule has 122 valence electrons. The minimum absolute atomic E-state index is 0.298. The molecule has 2 fully saturated rings. The molecule has 0 unspecified atom stereocenters. The zero-order chi connectivity index (χ0) is 15.2.